The number of piperazine rings is 1. The summed E-state index contributed by atoms with van der Waals surface area (Å²) in [5.74, 6) is 0.508. The summed E-state index contributed by atoms with van der Waals surface area (Å²) in [6.45, 7) is 6.36. The standard InChI is InChI=1S/C11H17N5/c1-14-4-6-15(7-5-14)8-9-16-3-2-13-11(16)10-12/h2-3H,4-9H2,1H3. The lowest BCUT2D eigenvalue weighted by Crippen LogP contribution is -2.45. The van der Waals surface area contributed by atoms with Gasteiger partial charge < -0.3 is 9.47 Å². The van der Waals surface area contributed by atoms with Gasteiger partial charge in [-0.1, -0.05) is 0 Å². The fourth-order valence-corrected chi connectivity index (χ4v) is 1.92. The number of rotatable bonds is 3. The summed E-state index contributed by atoms with van der Waals surface area (Å²) in [7, 11) is 2.15. The van der Waals surface area contributed by atoms with Crippen LogP contribution in [0.3, 0.4) is 0 Å². The first kappa shape index (κ1) is 11.1. The van der Waals surface area contributed by atoms with E-state index in [1.807, 2.05) is 10.8 Å². The maximum absolute atomic E-state index is 8.83. The highest BCUT2D eigenvalue weighted by Crippen LogP contribution is 2.01. The molecule has 1 aliphatic rings. The van der Waals surface area contributed by atoms with Crippen LogP contribution in [0.25, 0.3) is 0 Å². The van der Waals surface area contributed by atoms with Crippen LogP contribution in [-0.2, 0) is 6.54 Å². The Morgan fingerprint density at radius 2 is 2.06 bits per heavy atom. The molecule has 0 amide bonds. The Balaban J connectivity index is 1.82. The van der Waals surface area contributed by atoms with Crippen LogP contribution >= 0.6 is 0 Å². The molecule has 0 bridgehead atoms. The van der Waals surface area contributed by atoms with E-state index in [0.29, 0.717) is 5.82 Å². The second-order valence-electron chi connectivity index (χ2n) is 4.20. The topological polar surface area (TPSA) is 48.1 Å². The van der Waals surface area contributed by atoms with Gasteiger partial charge in [-0.25, -0.2) is 4.98 Å². The molecule has 1 aliphatic heterocycles. The van der Waals surface area contributed by atoms with Crippen LogP contribution in [0.15, 0.2) is 12.4 Å². The van der Waals surface area contributed by atoms with Gasteiger partial charge in [0.1, 0.15) is 6.07 Å². The van der Waals surface area contributed by atoms with Crippen LogP contribution < -0.4 is 0 Å². The second-order valence-corrected chi connectivity index (χ2v) is 4.20. The minimum Gasteiger partial charge on any atom is -0.321 e. The minimum atomic E-state index is 0.508. The largest absolute Gasteiger partial charge is 0.321 e. The Bertz CT molecular complexity index is 370. The van der Waals surface area contributed by atoms with E-state index in [4.69, 9.17) is 5.26 Å². The third-order valence-corrected chi connectivity index (χ3v) is 3.07. The van der Waals surface area contributed by atoms with Crippen molar-refractivity contribution in [2.45, 2.75) is 6.54 Å². The molecule has 5 heteroatoms. The van der Waals surface area contributed by atoms with E-state index in [0.717, 1.165) is 39.3 Å². The van der Waals surface area contributed by atoms with Crippen molar-refractivity contribution < 1.29 is 0 Å². The van der Waals surface area contributed by atoms with Crippen LogP contribution in [0.2, 0.25) is 0 Å². The number of hydrogen-bond acceptors (Lipinski definition) is 4. The normalized spacial score (nSPS) is 18.5. The molecule has 86 valence electrons. The Hall–Kier alpha value is -1.38. The lowest BCUT2D eigenvalue weighted by molar-refractivity contribution is 0.150. The monoisotopic (exact) mass is 219 g/mol. The van der Waals surface area contributed by atoms with Crippen LogP contribution in [0.4, 0.5) is 0 Å². The summed E-state index contributed by atoms with van der Waals surface area (Å²) in [5.41, 5.74) is 0. The van der Waals surface area contributed by atoms with Gasteiger partial charge in [0, 0.05) is 51.7 Å². The molecule has 0 spiro atoms. The molecule has 2 rings (SSSR count). The Kier molecular flexibility index (Phi) is 3.54. The summed E-state index contributed by atoms with van der Waals surface area (Å²) < 4.78 is 1.92. The molecule has 2 heterocycles. The van der Waals surface area contributed by atoms with E-state index in [1.54, 1.807) is 6.20 Å². The van der Waals surface area contributed by atoms with Crippen molar-refractivity contribution in [2.24, 2.45) is 0 Å². The molecule has 1 saturated heterocycles. The van der Waals surface area contributed by atoms with Crippen LogP contribution in [0, 0.1) is 11.3 Å². The zero-order valence-electron chi connectivity index (χ0n) is 9.63. The fraction of sp³-hybridized carbons (Fsp3) is 0.636. The molecule has 0 aliphatic carbocycles. The molecule has 1 aromatic heterocycles. The molecule has 1 fully saturated rings. The van der Waals surface area contributed by atoms with Gasteiger partial charge in [-0.05, 0) is 7.05 Å². The van der Waals surface area contributed by atoms with Crippen LogP contribution in [-0.4, -0.2) is 59.1 Å². The van der Waals surface area contributed by atoms with Crippen LogP contribution in [0.5, 0.6) is 0 Å². The lowest BCUT2D eigenvalue weighted by atomic mass is 10.3. The zero-order chi connectivity index (χ0) is 11.4. The highest BCUT2D eigenvalue weighted by molar-refractivity contribution is 5.10. The average molecular weight is 219 g/mol. The molecule has 5 nitrogen and oxygen atoms in total. The minimum absolute atomic E-state index is 0.508. The van der Waals surface area contributed by atoms with E-state index in [2.05, 4.69) is 27.9 Å². The van der Waals surface area contributed by atoms with Gasteiger partial charge in [-0.3, -0.25) is 4.90 Å². The van der Waals surface area contributed by atoms with Crippen LogP contribution in [0.1, 0.15) is 5.82 Å². The molecular weight excluding hydrogens is 202 g/mol. The predicted molar refractivity (Wildman–Crippen MR) is 60.9 cm³/mol. The molecule has 0 unspecified atom stereocenters. The lowest BCUT2D eigenvalue weighted by Gasteiger charge is -2.32. The molecule has 0 atom stereocenters. The Morgan fingerprint density at radius 3 is 2.75 bits per heavy atom. The fourth-order valence-electron chi connectivity index (χ4n) is 1.92. The Labute approximate surface area is 95.9 Å². The van der Waals surface area contributed by atoms with Crippen molar-refractivity contribution in [2.75, 3.05) is 39.8 Å². The first-order valence-electron chi connectivity index (χ1n) is 5.62. The van der Waals surface area contributed by atoms with Gasteiger partial charge in [0.2, 0.25) is 5.82 Å². The summed E-state index contributed by atoms with van der Waals surface area (Å²) >= 11 is 0. The molecule has 0 aromatic carbocycles. The van der Waals surface area contributed by atoms with Crippen molar-refractivity contribution in [3.05, 3.63) is 18.2 Å². The molecule has 16 heavy (non-hydrogen) atoms. The first-order valence-corrected chi connectivity index (χ1v) is 5.62. The molecule has 0 saturated carbocycles. The maximum atomic E-state index is 8.83. The number of nitrogens with zero attached hydrogens (tertiary/aromatic N) is 5. The maximum Gasteiger partial charge on any atom is 0.212 e. The highest BCUT2D eigenvalue weighted by atomic mass is 15.3. The van der Waals surface area contributed by atoms with Gasteiger partial charge in [-0.2, -0.15) is 5.26 Å². The number of aromatic nitrogens is 2. The smallest absolute Gasteiger partial charge is 0.212 e. The average Bonchev–Trinajstić information content (AvgIpc) is 2.76. The van der Waals surface area contributed by atoms with E-state index in [9.17, 15) is 0 Å². The zero-order valence-corrected chi connectivity index (χ0v) is 9.63. The predicted octanol–water partition coefficient (Wildman–Crippen LogP) is 0.00218. The SMILES string of the molecule is CN1CCN(CCn2ccnc2C#N)CC1. The van der Waals surface area contributed by atoms with Gasteiger partial charge in [0.15, 0.2) is 0 Å². The molecule has 0 N–H and O–H groups in total. The molecular formula is C11H17N5. The van der Waals surface area contributed by atoms with Gasteiger partial charge in [-0.15, -0.1) is 0 Å². The van der Waals surface area contributed by atoms with Crippen molar-refractivity contribution in [1.82, 2.24) is 19.4 Å². The quantitative estimate of drug-likeness (QED) is 0.718. The molecule has 1 aromatic rings. The number of imidazole rings is 1. The van der Waals surface area contributed by atoms with Gasteiger partial charge >= 0.3 is 0 Å². The van der Waals surface area contributed by atoms with Crippen molar-refractivity contribution in [3.8, 4) is 6.07 Å². The summed E-state index contributed by atoms with van der Waals surface area (Å²) in [6, 6.07) is 2.10. The third-order valence-electron chi connectivity index (χ3n) is 3.07. The van der Waals surface area contributed by atoms with Gasteiger partial charge in [0.05, 0.1) is 0 Å². The first-order chi connectivity index (χ1) is 7.79. The summed E-state index contributed by atoms with van der Waals surface area (Å²) in [6.07, 6.45) is 3.55. The summed E-state index contributed by atoms with van der Waals surface area (Å²) in [5, 5.41) is 8.83. The number of hydrogen-bond donors (Lipinski definition) is 0. The van der Waals surface area contributed by atoms with Gasteiger partial charge in [0.25, 0.3) is 0 Å². The van der Waals surface area contributed by atoms with E-state index in [-0.39, 0.29) is 0 Å². The molecule has 0 radical (unpaired) electrons. The Morgan fingerprint density at radius 1 is 1.31 bits per heavy atom. The van der Waals surface area contributed by atoms with E-state index in [1.165, 1.54) is 0 Å². The summed E-state index contributed by atoms with van der Waals surface area (Å²) in [4.78, 5) is 8.76. The van der Waals surface area contributed by atoms with E-state index >= 15 is 0 Å². The van der Waals surface area contributed by atoms with E-state index < -0.39 is 0 Å². The number of likely N-dealkylation sites (N-methyl/N-ethyl adjacent to an activating group) is 1. The number of nitriles is 1. The highest BCUT2D eigenvalue weighted by Gasteiger charge is 2.13. The third kappa shape index (κ3) is 2.60. The van der Waals surface area contributed by atoms with Crippen molar-refractivity contribution in [1.29, 1.82) is 5.26 Å². The van der Waals surface area contributed by atoms with Crippen molar-refractivity contribution >= 4 is 0 Å². The second kappa shape index (κ2) is 5.10. The van der Waals surface area contributed by atoms with Crippen molar-refractivity contribution in [3.63, 3.8) is 0 Å².